The van der Waals surface area contributed by atoms with Gasteiger partial charge in [-0.1, -0.05) is 25.5 Å². The zero-order valence-electron chi connectivity index (χ0n) is 11.7. The summed E-state index contributed by atoms with van der Waals surface area (Å²) in [5.74, 6) is 1.63. The van der Waals surface area contributed by atoms with Crippen LogP contribution in [0, 0.1) is 28.9 Å². The second-order valence-corrected chi connectivity index (χ2v) is 5.73. The Hall–Kier alpha value is -1.42. The van der Waals surface area contributed by atoms with Gasteiger partial charge in [-0.3, -0.25) is 10.1 Å². The smallest absolute Gasteiger partial charge is 0.272 e. The van der Waals surface area contributed by atoms with Crippen molar-refractivity contribution < 1.29 is 4.92 Å². The summed E-state index contributed by atoms with van der Waals surface area (Å²) >= 11 is 0. The minimum absolute atomic E-state index is 0.216. The van der Waals surface area contributed by atoms with Crippen molar-refractivity contribution in [1.82, 2.24) is 5.32 Å². The van der Waals surface area contributed by atoms with Gasteiger partial charge in [-0.05, 0) is 43.7 Å². The summed E-state index contributed by atoms with van der Waals surface area (Å²) < 4.78 is 0. The number of rotatable bonds is 5. The van der Waals surface area contributed by atoms with Gasteiger partial charge >= 0.3 is 0 Å². The Morgan fingerprint density at radius 3 is 2.84 bits per heavy atom. The van der Waals surface area contributed by atoms with Crippen LogP contribution in [0.1, 0.15) is 37.3 Å². The number of nitrogens with one attached hydrogen (secondary N) is 1. The van der Waals surface area contributed by atoms with Gasteiger partial charge in [-0.25, -0.2) is 0 Å². The Morgan fingerprint density at radius 1 is 1.42 bits per heavy atom. The maximum atomic E-state index is 10.9. The summed E-state index contributed by atoms with van der Waals surface area (Å²) in [6, 6.07) is 5.30. The quantitative estimate of drug-likeness (QED) is 0.653. The van der Waals surface area contributed by atoms with Crippen molar-refractivity contribution >= 4 is 5.69 Å². The van der Waals surface area contributed by atoms with E-state index >= 15 is 0 Å². The monoisotopic (exact) mass is 262 g/mol. The first-order valence-corrected chi connectivity index (χ1v) is 7.01. The predicted molar refractivity (Wildman–Crippen MR) is 76.0 cm³/mol. The van der Waals surface area contributed by atoms with E-state index < -0.39 is 0 Å². The molecular formula is C15H22N2O2. The van der Waals surface area contributed by atoms with E-state index in [1.54, 1.807) is 12.1 Å². The number of benzene rings is 1. The second kappa shape index (κ2) is 6.15. The molecule has 1 aliphatic carbocycles. The molecule has 0 heterocycles. The fourth-order valence-corrected chi connectivity index (χ4v) is 2.98. The van der Waals surface area contributed by atoms with Gasteiger partial charge < -0.3 is 5.32 Å². The highest BCUT2D eigenvalue weighted by molar-refractivity contribution is 5.44. The van der Waals surface area contributed by atoms with Crippen molar-refractivity contribution in [2.45, 2.75) is 39.7 Å². The molecule has 4 nitrogen and oxygen atoms in total. The number of hydrogen-bond acceptors (Lipinski definition) is 3. The van der Waals surface area contributed by atoms with Crippen LogP contribution < -0.4 is 5.32 Å². The number of nitro benzene ring substituents is 1. The van der Waals surface area contributed by atoms with Gasteiger partial charge in [-0.15, -0.1) is 0 Å². The van der Waals surface area contributed by atoms with Crippen LogP contribution in [-0.4, -0.2) is 11.5 Å². The van der Waals surface area contributed by atoms with Crippen LogP contribution in [0.5, 0.6) is 0 Å². The van der Waals surface area contributed by atoms with Crippen molar-refractivity contribution in [3.63, 3.8) is 0 Å². The molecule has 2 unspecified atom stereocenters. The third-order valence-corrected chi connectivity index (χ3v) is 4.17. The van der Waals surface area contributed by atoms with Crippen molar-refractivity contribution in [3.05, 3.63) is 39.4 Å². The van der Waals surface area contributed by atoms with Gasteiger partial charge in [0.15, 0.2) is 0 Å². The van der Waals surface area contributed by atoms with Crippen molar-refractivity contribution in [1.29, 1.82) is 0 Å². The molecule has 0 amide bonds. The van der Waals surface area contributed by atoms with Gasteiger partial charge in [0.05, 0.1) is 4.92 Å². The Labute approximate surface area is 114 Å². The maximum Gasteiger partial charge on any atom is 0.272 e. The fourth-order valence-electron chi connectivity index (χ4n) is 2.98. The number of nitrogens with zero attached hydrogens (tertiary/aromatic N) is 1. The molecule has 0 aliphatic heterocycles. The zero-order valence-corrected chi connectivity index (χ0v) is 11.7. The molecule has 1 saturated carbocycles. The average Bonchev–Trinajstić information content (AvgIpc) is 2.77. The highest BCUT2D eigenvalue weighted by atomic mass is 16.6. The van der Waals surface area contributed by atoms with Crippen molar-refractivity contribution in [3.8, 4) is 0 Å². The lowest BCUT2D eigenvalue weighted by molar-refractivity contribution is -0.385. The largest absolute Gasteiger partial charge is 0.312 e. The van der Waals surface area contributed by atoms with E-state index in [9.17, 15) is 10.1 Å². The van der Waals surface area contributed by atoms with Crippen LogP contribution in [-0.2, 0) is 6.54 Å². The van der Waals surface area contributed by atoms with E-state index in [1.807, 2.05) is 13.0 Å². The molecule has 0 radical (unpaired) electrons. The van der Waals surface area contributed by atoms with Crippen LogP contribution in [0.25, 0.3) is 0 Å². The molecule has 1 N–H and O–H groups in total. The second-order valence-electron chi connectivity index (χ2n) is 5.73. The Bertz CT molecular complexity index is 459. The molecule has 0 bridgehead atoms. The summed E-state index contributed by atoms with van der Waals surface area (Å²) in [7, 11) is 0. The highest BCUT2D eigenvalue weighted by Gasteiger charge is 2.20. The average molecular weight is 262 g/mol. The lowest BCUT2D eigenvalue weighted by atomic mass is 10.0. The van der Waals surface area contributed by atoms with Crippen LogP contribution in [0.15, 0.2) is 18.2 Å². The Kier molecular flexibility index (Phi) is 4.53. The molecule has 0 aromatic heterocycles. The van der Waals surface area contributed by atoms with Crippen molar-refractivity contribution in [2.24, 2.45) is 11.8 Å². The summed E-state index contributed by atoms with van der Waals surface area (Å²) in [6.07, 6.45) is 3.95. The third-order valence-electron chi connectivity index (χ3n) is 4.17. The van der Waals surface area contributed by atoms with Gasteiger partial charge in [0.25, 0.3) is 5.69 Å². The van der Waals surface area contributed by atoms with Gasteiger partial charge in [0.2, 0.25) is 0 Å². The van der Waals surface area contributed by atoms with E-state index in [0.29, 0.717) is 0 Å². The molecule has 1 aromatic rings. The summed E-state index contributed by atoms with van der Waals surface area (Å²) in [4.78, 5) is 10.6. The number of hydrogen-bond donors (Lipinski definition) is 1. The minimum atomic E-state index is -0.308. The topological polar surface area (TPSA) is 55.2 Å². The first-order chi connectivity index (χ1) is 9.08. The van der Waals surface area contributed by atoms with Crippen LogP contribution in [0.3, 0.4) is 0 Å². The van der Waals surface area contributed by atoms with Gasteiger partial charge in [0.1, 0.15) is 0 Å². The van der Waals surface area contributed by atoms with E-state index in [-0.39, 0.29) is 10.6 Å². The molecular weight excluding hydrogens is 240 g/mol. The fraction of sp³-hybridized carbons (Fsp3) is 0.600. The minimum Gasteiger partial charge on any atom is -0.312 e. The van der Waals surface area contributed by atoms with E-state index in [4.69, 9.17) is 0 Å². The van der Waals surface area contributed by atoms with E-state index in [2.05, 4.69) is 12.2 Å². The highest BCUT2D eigenvalue weighted by Crippen LogP contribution is 2.29. The van der Waals surface area contributed by atoms with Gasteiger partial charge in [-0.2, -0.15) is 0 Å². The Morgan fingerprint density at radius 2 is 2.21 bits per heavy atom. The lowest BCUT2D eigenvalue weighted by Gasteiger charge is -2.12. The first-order valence-electron chi connectivity index (χ1n) is 7.01. The zero-order chi connectivity index (χ0) is 13.8. The SMILES string of the molecule is Cc1c(CNCC2CCC(C)C2)cccc1[N+](=O)[O-]. The molecule has 0 saturated heterocycles. The summed E-state index contributed by atoms with van der Waals surface area (Å²) in [5, 5.41) is 14.3. The van der Waals surface area contributed by atoms with Crippen LogP contribution >= 0.6 is 0 Å². The van der Waals surface area contributed by atoms with Crippen LogP contribution in [0.2, 0.25) is 0 Å². The molecule has 4 heteroatoms. The van der Waals surface area contributed by atoms with Crippen molar-refractivity contribution in [2.75, 3.05) is 6.54 Å². The molecule has 104 valence electrons. The maximum absolute atomic E-state index is 10.9. The molecule has 0 spiro atoms. The Balaban J connectivity index is 1.89. The molecule has 2 atom stereocenters. The summed E-state index contributed by atoms with van der Waals surface area (Å²) in [6.45, 7) is 5.88. The molecule has 1 aromatic carbocycles. The normalized spacial score (nSPS) is 22.6. The predicted octanol–water partition coefficient (Wildman–Crippen LogP) is 3.43. The summed E-state index contributed by atoms with van der Waals surface area (Å²) in [5.41, 5.74) is 2.02. The first kappa shape index (κ1) is 14.0. The van der Waals surface area contributed by atoms with E-state index in [1.165, 1.54) is 19.3 Å². The molecule has 1 fully saturated rings. The van der Waals surface area contributed by atoms with Crippen LogP contribution in [0.4, 0.5) is 5.69 Å². The molecule has 2 rings (SSSR count). The van der Waals surface area contributed by atoms with Gasteiger partial charge in [0, 0.05) is 18.2 Å². The van der Waals surface area contributed by atoms with E-state index in [0.717, 1.165) is 36.1 Å². The standard InChI is InChI=1S/C15H22N2O2/c1-11-6-7-13(8-11)9-16-10-14-4-3-5-15(12(14)2)17(18)19/h3-5,11,13,16H,6-10H2,1-2H3. The number of nitro groups is 1. The third kappa shape index (κ3) is 3.53. The molecule has 1 aliphatic rings. The lowest BCUT2D eigenvalue weighted by Crippen LogP contribution is -2.21. The molecule has 19 heavy (non-hydrogen) atoms.